The average molecular weight is 239 g/mol. The van der Waals surface area contributed by atoms with E-state index < -0.39 is 0 Å². The number of benzene rings is 1. The topological polar surface area (TPSA) is 42.1 Å². The van der Waals surface area contributed by atoms with E-state index >= 15 is 0 Å². The lowest BCUT2D eigenvalue weighted by atomic mass is 10.1. The molecule has 0 saturated heterocycles. The number of pyridine rings is 1. The molecule has 0 unspecified atom stereocenters. The highest BCUT2D eigenvalue weighted by Gasteiger charge is 2.29. The monoisotopic (exact) mass is 239 g/mol. The third-order valence-electron chi connectivity index (χ3n) is 3.38. The minimum Gasteiger partial charge on any atom is -0.398 e. The van der Waals surface area contributed by atoms with Crippen LogP contribution >= 0.6 is 0 Å². The summed E-state index contributed by atoms with van der Waals surface area (Å²) in [7, 11) is 0. The fraction of sp³-hybridized carbons (Fsp3) is 0.267. The van der Waals surface area contributed by atoms with Crippen LogP contribution in [0.3, 0.4) is 0 Å². The summed E-state index contributed by atoms with van der Waals surface area (Å²) in [5.41, 5.74) is 9.33. The number of para-hydroxylation sites is 1. The Morgan fingerprint density at radius 3 is 2.50 bits per heavy atom. The summed E-state index contributed by atoms with van der Waals surface area (Å²) in [6, 6.07) is 12.9. The second-order valence-electron chi connectivity index (χ2n) is 4.76. The predicted octanol–water partition coefficient (Wildman–Crippen LogP) is 2.83. The van der Waals surface area contributed by atoms with Crippen molar-refractivity contribution in [1.82, 2.24) is 4.98 Å². The Morgan fingerprint density at radius 2 is 1.83 bits per heavy atom. The van der Waals surface area contributed by atoms with E-state index in [1.807, 2.05) is 30.6 Å². The Bertz CT molecular complexity index is 520. The van der Waals surface area contributed by atoms with Gasteiger partial charge in [-0.2, -0.15) is 0 Å². The lowest BCUT2D eigenvalue weighted by Crippen LogP contribution is -2.25. The van der Waals surface area contributed by atoms with Crippen LogP contribution in [0.4, 0.5) is 11.4 Å². The maximum absolute atomic E-state index is 6.03. The SMILES string of the molecule is Nc1ccccc1CN(c1ccncc1)C1CC1. The molecule has 3 nitrogen and oxygen atoms in total. The van der Waals surface area contributed by atoms with Crippen molar-refractivity contribution in [3.8, 4) is 0 Å². The van der Waals surface area contributed by atoms with Crippen molar-refractivity contribution >= 4 is 11.4 Å². The number of aromatic nitrogens is 1. The van der Waals surface area contributed by atoms with Gasteiger partial charge in [-0.25, -0.2) is 0 Å². The molecule has 0 atom stereocenters. The number of hydrogen-bond donors (Lipinski definition) is 1. The summed E-state index contributed by atoms with van der Waals surface area (Å²) in [5, 5.41) is 0. The molecule has 92 valence electrons. The molecule has 1 aromatic carbocycles. The quantitative estimate of drug-likeness (QED) is 0.834. The molecule has 3 heteroatoms. The predicted molar refractivity (Wildman–Crippen MR) is 74.3 cm³/mol. The number of anilines is 2. The van der Waals surface area contributed by atoms with Crippen LogP contribution in [-0.2, 0) is 6.54 Å². The van der Waals surface area contributed by atoms with Crippen LogP contribution in [0, 0.1) is 0 Å². The van der Waals surface area contributed by atoms with E-state index in [2.05, 4.69) is 28.1 Å². The molecule has 1 fully saturated rings. The van der Waals surface area contributed by atoms with Crippen LogP contribution in [0.15, 0.2) is 48.8 Å². The molecular weight excluding hydrogens is 222 g/mol. The van der Waals surface area contributed by atoms with Gasteiger partial charge in [-0.05, 0) is 36.6 Å². The van der Waals surface area contributed by atoms with E-state index in [1.165, 1.54) is 24.1 Å². The molecule has 3 rings (SSSR count). The molecule has 0 amide bonds. The average Bonchev–Trinajstić information content (AvgIpc) is 3.23. The molecule has 1 heterocycles. The molecule has 1 aromatic heterocycles. The molecular formula is C15H17N3. The van der Waals surface area contributed by atoms with Gasteiger partial charge in [0.25, 0.3) is 0 Å². The van der Waals surface area contributed by atoms with Crippen LogP contribution in [0.25, 0.3) is 0 Å². The normalized spacial score (nSPS) is 14.4. The molecule has 0 aliphatic heterocycles. The van der Waals surface area contributed by atoms with Crippen molar-refractivity contribution in [2.75, 3.05) is 10.6 Å². The van der Waals surface area contributed by atoms with Crippen LogP contribution in [-0.4, -0.2) is 11.0 Å². The molecule has 18 heavy (non-hydrogen) atoms. The van der Waals surface area contributed by atoms with Gasteiger partial charge in [0.05, 0.1) is 0 Å². The summed E-state index contributed by atoms with van der Waals surface area (Å²) >= 11 is 0. The molecule has 0 spiro atoms. The van der Waals surface area contributed by atoms with Crippen LogP contribution < -0.4 is 10.6 Å². The lowest BCUT2D eigenvalue weighted by molar-refractivity contribution is 0.795. The van der Waals surface area contributed by atoms with Crippen molar-refractivity contribution < 1.29 is 0 Å². The van der Waals surface area contributed by atoms with E-state index in [4.69, 9.17) is 5.73 Å². The highest BCUT2D eigenvalue weighted by Crippen LogP contribution is 2.33. The number of rotatable bonds is 4. The van der Waals surface area contributed by atoms with Gasteiger partial charge in [0.2, 0.25) is 0 Å². The lowest BCUT2D eigenvalue weighted by Gasteiger charge is -2.25. The fourth-order valence-electron chi connectivity index (χ4n) is 2.21. The molecule has 1 aliphatic carbocycles. The van der Waals surface area contributed by atoms with Crippen molar-refractivity contribution in [1.29, 1.82) is 0 Å². The van der Waals surface area contributed by atoms with Crippen LogP contribution in [0.5, 0.6) is 0 Å². The third-order valence-corrected chi connectivity index (χ3v) is 3.38. The van der Waals surface area contributed by atoms with Gasteiger partial charge in [0.15, 0.2) is 0 Å². The van der Waals surface area contributed by atoms with E-state index in [1.54, 1.807) is 0 Å². The smallest absolute Gasteiger partial charge is 0.0452 e. The Balaban J connectivity index is 1.86. The Hall–Kier alpha value is -2.03. The second kappa shape index (κ2) is 4.69. The van der Waals surface area contributed by atoms with Crippen LogP contribution in [0.2, 0.25) is 0 Å². The van der Waals surface area contributed by atoms with E-state index in [0.29, 0.717) is 6.04 Å². The van der Waals surface area contributed by atoms with E-state index in [-0.39, 0.29) is 0 Å². The second-order valence-corrected chi connectivity index (χ2v) is 4.76. The Morgan fingerprint density at radius 1 is 1.11 bits per heavy atom. The maximum Gasteiger partial charge on any atom is 0.0452 e. The van der Waals surface area contributed by atoms with Crippen molar-refractivity contribution in [3.63, 3.8) is 0 Å². The minimum atomic E-state index is 0.659. The van der Waals surface area contributed by atoms with Crippen molar-refractivity contribution in [3.05, 3.63) is 54.4 Å². The van der Waals surface area contributed by atoms with Gasteiger partial charge in [0, 0.05) is 36.4 Å². The molecule has 0 radical (unpaired) electrons. The standard InChI is InChI=1S/C15H17N3/c16-15-4-2-1-3-12(15)11-18(13-5-6-13)14-7-9-17-10-8-14/h1-4,7-10,13H,5-6,11,16H2. The van der Waals surface area contributed by atoms with E-state index in [0.717, 1.165) is 12.2 Å². The van der Waals surface area contributed by atoms with E-state index in [9.17, 15) is 0 Å². The van der Waals surface area contributed by atoms with Crippen LogP contribution in [0.1, 0.15) is 18.4 Å². The summed E-state index contributed by atoms with van der Waals surface area (Å²) in [6.45, 7) is 0.876. The molecule has 2 N–H and O–H groups in total. The zero-order valence-electron chi connectivity index (χ0n) is 10.3. The first-order valence-electron chi connectivity index (χ1n) is 6.34. The summed E-state index contributed by atoms with van der Waals surface area (Å²) in [4.78, 5) is 6.50. The maximum atomic E-state index is 6.03. The largest absolute Gasteiger partial charge is 0.398 e. The highest BCUT2D eigenvalue weighted by molar-refractivity contribution is 5.52. The van der Waals surface area contributed by atoms with Gasteiger partial charge in [-0.1, -0.05) is 18.2 Å². The molecule has 0 bridgehead atoms. The first-order chi connectivity index (χ1) is 8.84. The fourth-order valence-corrected chi connectivity index (χ4v) is 2.21. The van der Waals surface area contributed by atoms with Crippen molar-refractivity contribution in [2.24, 2.45) is 0 Å². The Labute approximate surface area is 107 Å². The van der Waals surface area contributed by atoms with Gasteiger partial charge >= 0.3 is 0 Å². The zero-order chi connectivity index (χ0) is 12.4. The molecule has 2 aromatic rings. The summed E-state index contributed by atoms with van der Waals surface area (Å²) in [6.07, 6.45) is 6.24. The van der Waals surface area contributed by atoms with Gasteiger partial charge in [0.1, 0.15) is 0 Å². The highest BCUT2D eigenvalue weighted by atomic mass is 15.2. The number of nitrogen functional groups attached to an aromatic ring is 1. The first kappa shape index (κ1) is 11.1. The number of nitrogens with two attached hydrogens (primary N) is 1. The number of nitrogens with zero attached hydrogens (tertiary/aromatic N) is 2. The Kier molecular flexibility index (Phi) is 2.89. The molecule has 1 aliphatic rings. The summed E-state index contributed by atoms with van der Waals surface area (Å²) < 4.78 is 0. The molecule has 1 saturated carbocycles. The van der Waals surface area contributed by atoms with Crippen molar-refractivity contribution in [2.45, 2.75) is 25.4 Å². The zero-order valence-corrected chi connectivity index (χ0v) is 10.3. The van der Waals surface area contributed by atoms with Gasteiger partial charge in [-0.3, -0.25) is 4.98 Å². The minimum absolute atomic E-state index is 0.659. The first-order valence-corrected chi connectivity index (χ1v) is 6.34. The third kappa shape index (κ3) is 2.30. The summed E-state index contributed by atoms with van der Waals surface area (Å²) in [5.74, 6) is 0. The van der Waals surface area contributed by atoms with Gasteiger partial charge < -0.3 is 10.6 Å². The van der Waals surface area contributed by atoms with Gasteiger partial charge in [-0.15, -0.1) is 0 Å². The number of hydrogen-bond acceptors (Lipinski definition) is 3.